The van der Waals surface area contributed by atoms with Gasteiger partial charge in [0, 0.05) is 12.0 Å². The fourth-order valence-electron chi connectivity index (χ4n) is 3.39. The molecule has 0 saturated carbocycles. The van der Waals surface area contributed by atoms with Crippen LogP contribution in [0.2, 0.25) is 0 Å². The van der Waals surface area contributed by atoms with Crippen molar-refractivity contribution in [3.8, 4) is 11.8 Å². The summed E-state index contributed by atoms with van der Waals surface area (Å²) in [6, 6.07) is 12.3. The zero-order valence-corrected chi connectivity index (χ0v) is 18.7. The van der Waals surface area contributed by atoms with Crippen molar-refractivity contribution in [2.24, 2.45) is 0 Å². The Labute approximate surface area is 189 Å². The largest absolute Gasteiger partial charge is 0.489 e. The summed E-state index contributed by atoms with van der Waals surface area (Å²) < 4.78 is 52.7. The number of hydrogen-bond donors (Lipinski definition) is 0. The van der Waals surface area contributed by atoms with E-state index in [0.717, 1.165) is 4.31 Å². The molecule has 0 radical (unpaired) electrons. The molecule has 174 valence electrons. The molecule has 10 nitrogen and oxygen atoms in total. The molecule has 1 aliphatic rings. The lowest BCUT2D eigenvalue weighted by molar-refractivity contribution is -0.389. The Bertz CT molecular complexity index is 1250. The molecule has 4 rings (SSSR count). The van der Waals surface area contributed by atoms with E-state index in [0.29, 0.717) is 23.5 Å². The summed E-state index contributed by atoms with van der Waals surface area (Å²) in [5, 5.41) is 10.8. The van der Waals surface area contributed by atoms with E-state index in [1.165, 1.54) is 49.6 Å². The van der Waals surface area contributed by atoms with Crippen LogP contribution in [-0.4, -0.2) is 42.1 Å². The Balaban J connectivity index is 1.40. The summed E-state index contributed by atoms with van der Waals surface area (Å²) in [7, 11) is -2.39. The molecule has 12 heteroatoms. The van der Waals surface area contributed by atoms with Crippen molar-refractivity contribution in [2.75, 3.05) is 18.0 Å². The summed E-state index contributed by atoms with van der Waals surface area (Å²) in [5.41, 5.74) is 0.0955. The lowest BCUT2D eigenvalue weighted by Crippen LogP contribution is -2.38. The van der Waals surface area contributed by atoms with E-state index in [9.17, 15) is 22.9 Å². The Kier molecular flexibility index (Phi) is 5.70. The number of halogens is 1. The first kappa shape index (κ1) is 22.5. The number of fused-ring (bicyclic) bond motifs is 1. The van der Waals surface area contributed by atoms with Gasteiger partial charge in [0.1, 0.15) is 25.2 Å². The summed E-state index contributed by atoms with van der Waals surface area (Å²) in [6.07, 6.45) is 1.31. The van der Waals surface area contributed by atoms with Crippen LogP contribution in [0, 0.1) is 10.1 Å². The van der Waals surface area contributed by atoms with E-state index in [2.05, 4.69) is 4.98 Å². The number of anilines is 1. The first-order valence-corrected chi connectivity index (χ1v) is 11.3. The van der Waals surface area contributed by atoms with Gasteiger partial charge in [-0.05, 0) is 53.8 Å². The van der Waals surface area contributed by atoms with Gasteiger partial charge >= 0.3 is 11.8 Å². The second-order valence-electron chi connectivity index (χ2n) is 7.85. The number of sulfonamides is 1. The SMILES string of the molecule is CN(c1ccc(CF)cc1)S(=O)(=O)c1ccc(OC[C@@]2(C)Cn3cc([N+](=O)[O-])nc3O2)cc1. The summed E-state index contributed by atoms with van der Waals surface area (Å²) in [6.45, 7) is 1.61. The highest BCUT2D eigenvalue weighted by atomic mass is 32.2. The van der Waals surface area contributed by atoms with E-state index in [1.807, 2.05) is 0 Å². The molecule has 0 aliphatic carbocycles. The van der Waals surface area contributed by atoms with Crippen molar-refractivity contribution >= 4 is 21.5 Å². The molecule has 0 spiro atoms. The molecule has 3 aromatic rings. The normalized spacial score (nSPS) is 17.3. The highest BCUT2D eigenvalue weighted by Crippen LogP contribution is 2.32. The Morgan fingerprint density at radius 2 is 1.91 bits per heavy atom. The van der Waals surface area contributed by atoms with Gasteiger partial charge in [0.15, 0.2) is 5.60 Å². The summed E-state index contributed by atoms with van der Waals surface area (Å²) in [4.78, 5) is 14.1. The fourth-order valence-corrected chi connectivity index (χ4v) is 4.59. The van der Waals surface area contributed by atoms with Gasteiger partial charge in [-0.25, -0.2) is 12.8 Å². The Hall–Kier alpha value is -3.67. The number of ether oxygens (including phenoxy) is 2. The second-order valence-corrected chi connectivity index (χ2v) is 9.82. The average molecular weight is 476 g/mol. The second kappa shape index (κ2) is 8.35. The van der Waals surface area contributed by atoms with E-state index >= 15 is 0 Å². The van der Waals surface area contributed by atoms with Crippen molar-refractivity contribution in [3.05, 3.63) is 70.4 Å². The van der Waals surface area contributed by atoms with E-state index < -0.39 is 27.2 Å². The van der Waals surface area contributed by atoms with Crippen LogP contribution in [0.15, 0.2) is 59.6 Å². The molecular formula is C21H21FN4O6S. The first-order chi connectivity index (χ1) is 15.6. The molecule has 33 heavy (non-hydrogen) atoms. The van der Waals surface area contributed by atoms with Crippen LogP contribution < -0.4 is 13.8 Å². The van der Waals surface area contributed by atoms with E-state index in [4.69, 9.17) is 9.47 Å². The molecule has 2 aromatic carbocycles. The molecule has 1 aromatic heterocycles. The maximum absolute atomic E-state index is 12.9. The molecule has 0 saturated heterocycles. The van der Waals surface area contributed by atoms with Crippen molar-refractivity contribution in [2.45, 2.75) is 30.6 Å². The maximum Gasteiger partial charge on any atom is 0.415 e. The molecule has 0 unspecified atom stereocenters. The zero-order chi connectivity index (χ0) is 23.8. The molecule has 2 heterocycles. The quantitative estimate of drug-likeness (QED) is 0.362. The number of aromatic nitrogens is 2. The minimum Gasteiger partial charge on any atom is -0.489 e. The van der Waals surface area contributed by atoms with Crippen molar-refractivity contribution in [3.63, 3.8) is 0 Å². The number of hydrogen-bond acceptors (Lipinski definition) is 7. The van der Waals surface area contributed by atoms with Gasteiger partial charge in [0.25, 0.3) is 10.0 Å². The Morgan fingerprint density at radius 1 is 1.24 bits per heavy atom. The van der Waals surface area contributed by atoms with Gasteiger partial charge in [-0.2, -0.15) is 0 Å². The number of nitrogens with zero attached hydrogens (tertiary/aromatic N) is 4. The van der Waals surface area contributed by atoms with Gasteiger partial charge in [-0.3, -0.25) is 8.87 Å². The molecule has 1 atom stereocenters. The van der Waals surface area contributed by atoms with Gasteiger partial charge in [0.05, 0.1) is 17.1 Å². The van der Waals surface area contributed by atoms with Crippen LogP contribution in [0.4, 0.5) is 15.9 Å². The van der Waals surface area contributed by atoms with Crippen molar-refractivity contribution < 1.29 is 27.2 Å². The van der Waals surface area contributed by atoms with Crippen LogP contribution in [-0.2, 0) is 23.2 Å². The van der Waals surface area contributed by atoms with E-state index in [1.54, 1.807) is 23.6 Å². The third kappa shape index (κ3) is 4.46. The minimum atomic E-state index is -3.82. The number of benzene rings is 2. The molecular weight excluding hydrogens is 455 g/mol. The number of alkyl halides is 1. The topological polar surface area (TPSA) is 117 Å². The highest BCUT2D eigenvalue weighted by molar-refractivity contribution is 7.92. The predicted octanol–water partition coefficient (Wildman–Crippen LogP) is 3.32. The zero-order valence-electron chi connectivity index (χ0n) is 17.8. The van der Waals surface area contributed by atoms with Gasteiger partial charge in [0.2, 0.25) is 0 Å². The van der Waals surface area contributed by atoms with Gasteiger partial charge in [-0.1, -0.05) is 12.1 Å². The third-order valence-corrected chi connectivity index (χ3v) is 7.04. The van der Waals surface area contributed by atoms with Crippen LogP contribution >= 0.6 is 0 Å². The van der Waals surface area contributed by atoms with Crippen LogP contribution in [0.5, 0.6) is 11.8 Å². The van der Waals surface area contributed by atoms with Crippen molar-refractivity contribution in [1.29, 1.82) is 0 Å². The lowest BCUT2D eigenvalue weighted by atomic mass is 10.1. The highest BCUT2D eigenvalue weighted by Gasteiger charge is 2.41. The molecule has 0 fully saturated rings. The van der Waals surface area contributed by atoms with Crippen LogP contribution in [0.3, 0.4) is 0 Å². The molecule has 0 N–H and O–H groups in total. The molecule has 0 bridgehead atoms. The number of nitro groups is 1. The Morgan fingerprint density at radius 3 is 2.48 bits per heavy atom. The molecule has 1 aliphatic heterocycles. The summed E-state index contributed by atoms with van der Waals surface area (Å²) in [5.74, 6) is 0.150. The van der Waals surface area contributed by atoms with E-state index in [-0.39, 0.29) is 23.3 Å². The van der Waals surface area contributed by atoms with Gasteiger partial charge < -0.3 is 19.6 Å². The van der Waals surface area contributed by atoms with Crippen LogP contribution in [0.25, 0.3) is 0 Å². The van der Waals surface area contributed by atoms with Crippen molar-refractivity contribution in [1.82, 2.24) is 9.55 Å². The summed E-state index contributed by atoms with van der Waals surface area (Å²) >= 11 is 0. The average Bonchev–Trinajstić information content (AvgIpc) is 3.33. The predicted molar refractivity (Wildman–Crippen MR) is 117 cm³/mol. The maximum atomic E-state index is 12.9. The standard InChI is InChI=1S/C21H21FN4O6S/c1-21(13-25-12-19(26(27)28)23-20(25)32-21)14-31-17-7-9-18(10-8-17)33(29,30)24(2)16-5-3-15(11-22)4-6-16/h3-10,12H,11,13-14H2,1-2H3/t21-/m1/s1. The third-order valence-electron chi connectivity index (χ3n) is 5.24. The first-order valence-electron chi connectivity index (χ1n) is 9.89. The van der Waals surface area contributed by atoms with Gasteiger partial charge in [-0.15, -0.1) is 0 Å². The van der Waals surface area contributed by atoms with Crippen LogP contribution in [0.1, 0.15) is 12.5 Å². The smallest absolute Gasteiger partial charge is 0.415 e. The lowest BCUT2D eigenvalue weighted by Gasteiger charge is -2.22. The fraction of sp³-hybridized carbons (Fsp3) is 0.286. The number of rotatable bonds is 8. The number of imidazole rings is 1. The monoisotopic (exact) mass is 476 g/mol. The molecule has 0 amide bonds. The minimum absolute atomic E-state index is 0.0719.